The maximum atomic E-state index is 10.6. The third-order valence-corrected chi connectivity index (χ3v) is 3.76. The number of halogens is 1. The van der Waals surface area contributed by atoms with Crippen LogP contribution in [0, 0.1) is 5.92 Å². The molecule has 1 aliphatic heterocycles. The first-order valence-electron chi connectivity index (χ1n) is 6.17. The highest BCUT2D eigenvalue weighted by Crippen LogP contribution is 2.23. The Labute approximate surface area is 112 Å². The number of carboxylic acids is 1. The third kappa shape index (κ3) is 3.68. The number of carboxylic acid groups (broad SMARTS) is 1. The predicted octanol–water partition coefficient (Wildman–Crippen LogP) is 2.42. The summed E-state index contributed by atoms with van der Waals surface area (Å²) >= 11 is 6.07. The smallest absolute Gasteiger partial charge is 0.303 e. The molecule has 18 heavy (non-hydrogen) atoms. The number of hydrogen-bond acceptors (Lipinski definition) is 3. The van der Waals surface area contributed by atoms with Gasteiger partial charge in [0.05, 0.1) is 5.02 Å². The summed E-state index contributed by atoms with van der Waals surface area (Å²) in [5.74, 6) is -0.364. The minimum absolute atomic E-state index is 0.295. The molecule has 0 unspecified atom stereocenters. The number of hydrogen-bond donors (Lipinski definition) is 1. The van der Waals surface area contributed by atoms with Gasteiger partial charge in [0.2, 0.25) is 0 Å². The van der Waals surface area contributed by atoms with Crippen molar-refractivity contribution < 1.29 is 9.90 Å². The second-order valence-electron chi connectivity index (χ2n) is 4.78. The highest BCUT2D eigenvalue weighted by molar-refractivity contribution is 6.31. The van der Waals surface area contributed by atoms with Gasteiger partial charge in [0.25, 0.3) is 0 Å². The van der Waals surface area contributed by atoms with Crippen LogP contribution in [-0.4, -0.2) is 34.0 Å². The topological polar surface area (TPSA) is 53.4 Å². The van der Waals surface area contributed by atoms with Gasteiger partial charge in [0.15, 0.2) is 0 Å². The lowest BCUT2D eigenvalue weighted by Gasteiger charge is -2.31. The number of carbonyl (C=O) groups is 1. The first-order valence-corrected chi connectivity index (χ1v) is 6.55. The Morgan fingerprint density at radius 3 is 2.83 bits per heavy atom. The fraction of sp³-hybridized carbons (Fsp3) is 0.538. The summed E-state index contributed by atoms with van der Waals surface area (Å²) in [5, 5.41) is 9.46. The SMILES string of the molecule is O=C(O)CC1CCN(Cc2ccncc2Cl)CC1. The van der Waals surface area contributed by atoms with E-state index in [1.54, 1.807) is 12.4 Å². The number of piperidine rings is 1. The molecular weight excluding hydrogens is 252 g/mol. The molecule has 1 aromatic heterocycles. The summed E-state index contributed by atoms with van der Waals surface area (Å²) < 4.78 is 0. The maximum absolute atomic E-state index is 10.6. The van der Waals surface area contributed by atoms with Gasteiger partial charge in [-0.1, -0.05) is 11.6 Å². The zero-order valence-electron chi connectivity index (χ0n) is 10.2. The van der Waals surface area contributed by atoms with Crippen molar-refractivity contribution in [3.05, 3.63) is 29.0 Å². The Balaban J connectivity index is 1.84. The Morgan fingerprint density at radius 1 is 1.50 bits per heavy atom. The molecule has 2 rings (SSSR count). The van der Waals surface area contributed by atoms with E-state index in [0.717, 1.165) is 38.0 Å². The van der Waals surface area contributed by atoms with Crippen LogP contribution < -0.4 is 0 Å². The van der Waals surface area contributed by atoms with Crippen LogP contribution in [0.15, 0.2) is 18.5 Å². The van der Waals surface area contributed by atoms with E-state index in [9.17, 15) is 4.79 Å². The molecule has 5 heteroatoms. The predicted molar refractivity (Wildman–Crippen MR) is 69.5 cm³/mol. The molecule has 0 amide bonds. The van der Waals surface area contributed by atoms with Gasteiger partial charge < -0.3 is 5.11 Å². The van der Waals surface area contributed by atoms with Crippen molar-refractivity contribution in [2.24, 2.45) is 5.92 Å². The normalized spacial score (nSPS) is 17.8. The van der Waals surface area contributed by atoms with Gasteiger partial charge in [-0.05, 0) is 43.5 Å². The first-order chi connectivity index (χ1) is 8.65. The van der Waals surface area contributed by atoms with Crippen LogP contribution in [0.5, 0.6) is 0 Å². The van der Waals surface area contributed by atoms with Crippen molar-refractivity contribution in [3.63, 3.8) is 0 Å². The summed E-state index contributed by atoms with van der Waals surface area (Å²) in [6.07, 6.45) is 5.61. The summed E-state index contributed by atoms with van der Waals surface area (Å²) in [5.41, 5.74) is 1.09. The first kappa shape index (κ1) is 13.3. The van der Waals surface area contributed by atoms with Crippen molar-refractivity contribution in [2.75, 3.05) is 13.1 Å². The minimum atomic E-state index is -0.689. The molecule has 0 aliphatic carbocycles. The second-order valence-corrected chi connectivity index (χ2v) is 5.19. The lowest BCUT2D eigenvalue weighted by atomic mass is 9.93. The number of likely N-dealkylation sites (tertiary alicyclic amines) is 1. The average molecular weight is 269 g/mol. The zero-order chi connectivity index (χ0) is 13.0. The van der Waals surface area contributed by atoms with Gasteiger partial charge in [-0.25, -0.2) is 0 Å². The van der Waals surface area contributed by atoms with Gasteiger partial charge in [0, 0.05) is 25.4 Å². The van der Waals surface area contributed by atoms with Crippen LogP contribution in [-0.2, 0) is 11.3 Å². The van der Waals surface area contributed by atoms with Crippen molar-refractivity contribution in [2.45, 2.75) is 25.8 Å². The van der Waals surface area contributed by atoms with E-state index in [1.807, 2.05) is 6.07 Å². The van der Waals surface area contributed by atoms with E-state index in [-0.39, 0.29) is 0 Å². The molecule has 1 fully saturated rings. The number of aromatic nitrogens is 1. The van der Waals surface area contributed by atoms with Crippen molar-refractivity contribution in [1.82, 2.24) is 9.88 Å². The standard InChI is InChI=1S/C13H17ClN2O2/c14-12-8-15-4-1-11(12)9-16-5-2-10(3-6-16)7-13(17)18/h1,4,8,10H,2-3,5-7,9H2,(H,17,18). The average Bonchev–Trinajstić information content (AvgIpc) is 2.34. The van der Waals surface area contributed by atoms with Gasteiger partial charge in [0.1, 0.15) is 0 Å². The third-order valence-electron chi connectivity index (χ3n) is 3.42. The Hall–Kier alpha value is -1.13. The lowest BCUT2D eigenvalue weighted by molar-refractivity contribution is -0.138. The van der Waals surface area contributed by atoms with Gasteiger partial charge in [-0.15, -0.1) is 0 Å². The highest BCUT2D eigenvalue weighted by atomic mass is 35.5. The van der Waals surface area contributed by atoms with E-state index in [2.05, 4.69) is 9.88 Å². The van der Waals surface area contributed by atoms with E-state index in [4.69, 9.17) is 16.7 Å². The van der Waals surface area contributed by atoms with E-state index in [1.165, 1.54) is 0 Å². The molecule has 1 aliphatic rings. The molecule has 1 aromatic rings. The number of nitrogens with zero attached hydrogens (tertiary/aromatic N) is 2. The maximum Gasteiger partial charge on any atom is 0.303 e. The van der Waals surface area contributed by atoms with E-state index >= 15 is 0 Å². The summed E-state index contributed by atoms with van der Waals surface area (Å²) in [6, 6.07) is 1.94. The van der Waals surface area contributed by atoms with Gasteiger partial charge in [-0.2, -0.15) is 0 Å². The number of aliphatic carboxylic acids is 1. The molecule has 0 saturated carbocycles. The molecule has 1 saturated heterocycles. The number of rotatable bonds is 4. The second kappa shape index (κ2) is 6.16. The van der Waals surface area contributed by atoms with Crippen LogP contribution in [0.2, 0.25) is 5.02 Å². The monoisotopic (exact) mass is 268 g/mol. The molecule has 2 heterocycles. The summed E-state index contributed by atoms with van der Waals surface area (Å²) in [6.45, 7) is 2.70. The quantitative estimate of drug-likeness (QED) is 0.911. The van der Waals surface area contributed by atoms with Crippen molar-refractivity contribution in [1.29, 1.82) is 0 Å². The summed E-state index contributed by atoms with van der Waals surface area (Å²) in [4.78, 5) is 16.9. The lowest BCUT2D eigenvalue weighted by Crippen LogP contribution is -2.34. The van der Waals surface area contributed by atoms with Gasteiger partial charge >= 0.3 is 5.97 Å². The van der Waals surface area contributed by atoms with Crippen LogP contribution in [0.4, 0.5) is 0 Å². The molecule has 98 valence electrons. The Bertz CT molecular complexity index is 417. The van der Waals surface area contributed by atoms with Crippen LogP contribution in [0.3, 0.4) is 0 Å². The van der Waals surface area contributed by atoms with Gasteiger partial charge in [-0.3, -0.25) is 14.7 Å². The molecule has 0 radical (unpaired) electrons. The Morgan fingerprint density at radius 2 is 2.22 bits per heavy atom. The van der Waals surface area contributed by atoms with Crippen molar-refractivity contribution in [3.8, 4) is 0 Å². The molecule has 0 aromatic carbocycles. The van der Waals surface area contributed by atoms with E-state index in [0.29, 0.717) is 17.4 Å². The molecule has 0 atom stereocenters. The van der Waals surface area contributed by atoms with Crippen molar-refractivity contribution >= 4 is 17.6 Å². The molecule has 1 N–H and O–H groups in total. The molecular formula is C13H17ClN2O2. The molecule has 4 nitrogen and oxygen atoms in total. The fourth-order valence-electron chi connectivity index (χ4n) is 2.37. The van der Waals surface area contributed by atoms with Crippen LogP contribution in [0.25, 0.3) is 0 Å². The minimum Gasteiger partial charge on any atom is -0.481 e. The molecule has 0 bridgehead atoms. The van der Waals surface area contributed by atoms with E-state index < -0.39 is 5.97 Å². The number of pyridine rings is 1. The zero-order valence-corrected chi connectivity index (χ0v) is 10.9. The highest BCUT2D eigenvalue weighted by Gasteiger charge is 2.21. The van der Waals surface area contributed by atoms with Crippen LogP contribution in [0.1, 0.15) is 24.8 Å². The Kier molecular flexibility index (Phi) is 4.55. The van der Waals surface area contributed by atoms with Crippen LogP contribution >= 0.6 is 11.6 Å². The fourth-order valence-corrected chi connectivity index (χ4v) is 2.55. The largest absolute Gasteiger partial charge is 0.481 e. The molecule has 0 spiro atoms. The summed E-state index contributed by atoms with van der Waals surface area (Å²) in [7, 11) is 0.